The van der Waals surface area contributed by atoms with E-state index in [0.29, 0.717) is 64.2 Å². The minimum atomic E-state index is -0.676. The third-order valence-electron chi connectivity index (χ3n) is 7.97. The molecule has 2 saturated heterocycles. The molecule has 0 aromatic carbocycles. The molecular weight excluding hydrogens is 812 g/mol. The van der Waals surface area contributed by atoms with Crippen molar-refractivity contribution in [3.05, 3.63) is 57.0 Å². The highest BCUT2D eigenvalue weighted by Gasteiger charge is 2.44. The first-order valence-corrected chi connectivity index (χ1v) is 18.8. The van der Waals surface area contributed by atoms with Crippen LogP contribution in [-0.2, 0) is 40.8 Å². The van der Waals surface area contributed by atoms with E-state index in [1.54, 1.807) is 22.2 Å². The Bertz CT molecular complexity index is 1450. The zero-order chi connectivity index (χ0) is 38.4. The predicted octanol–water partition coefficient (Wildman–Crippen LogP) is 7.97. The van der Waals surface area contributed by atoms with Crippen molar-refractivity contribution >= 4 is 67.6 Å². The van der Waals surface area contributed by atoms with Crippen LogP contribution >= 0.6 is 43.5 Å². The van der Waals surface area contributed by atoms with Crippen LogP contribution in [0.15, 0.2) is 45.6 Å². The number of ether oxygens (including phenoxy) is 4. The molecule has 15 heteroatoms. The number of alkyl halides is 1. The van der Waals surface area contributed by atoms with Crippen LogP contribution in [0.25, 0.3) is 0 Å². The van der Waals surface area contributed by atoms with Gasteiger partial charge in [0.15, 0.2) is 0 Å². The first-order valence-electron chi connectivity index (χ1n) is 16.7. The third kappa shape index (κ3) is 14.9. The Labute approximate surface area is 323 Å². The number of esters is 2. The molecule has 2 aromatic rings. The van der Waals surface area contributed by atoms with Gasteiger partial charge in [-0.3, -0.25) is 19.6 Å². The van der Waals surface area contributed by atoms with Crippen molar-refractivity contribution < 1.29 is 38.1 Å². The fourth-order valence-corrected chi connectivity index (χ4v) is 6.45. The number of methoxy groups -OCH3 is 2. The highest BCUT2D eigenvalue weighted by atomic mass is 79.9. The van der Waals surface area contributed by atoms with Crippen molar-refractivity contribution in [2.45, 2.75) is 90.7 Å². The topological polar surface area (TPSA) is 137 Å². The van der Waals surface area contributed by atoms with Gasteiger partial charge in [-0.15, -0.1) is 11.6 Å². The number of piperidine rings is 2. The molecule has 2 aliphatic heterocycles. The van der Waals surface area contributed by atoms with Gasteiger partial charge in [-0.05, 0) is 123 Å². The third-order valence-corrected chi connectivity index (χ3v) is 9.67. The zero-order valence-corrected chi connectivity index (χ0v) is 34.7. The van der Waals surface area contributed by atoms with Crippen molar-refractivity contribution in [2.24, 2.45) is 11.3 Å². The van der Waals surface area contributed by atoms with Gasteiger partial charge < -0.3 is 28.7 Å². The summed E-state index contributed by atoms with van der Waals surface area (Å²) in [5.74, 6) is -0.0667. The van der Waals surface area contributed by atoms with Crippen molar-refractivity contribution in [3.63, 3.8) is 0 Å². The van der Waals surface area contributed by atoms with E-state index in [-0.39, 0.29) is 30.0 Å². The van der Waals surface area contributed by atoms with E-state index in [1.807, 2.05) is 65.8 Å². The number of nitrogens with zero attached hydrogens (tertiary/aromatic N) is 4. The summed E-state index contributed by atoms with van der Waals surface area (Å²) < 4.78 is 22.3. The molecule has 0 bridgehead atoms. The van der Waals surface area contributed by atoms with Gasteiger partial charge in [0.1, 0.15) is 11.2 Å². The molecule has 0 N–H and O–H groups in total. The maximum atomic E-state index is 12.5. The first-order chi connectivity index (χ1) is 23.8. The molecular formula is C36H51Br2ClN4O8. The summed E-state index contributed by atoms with van der Waals surface area (Å²) in [7, 11) is 2.79. The molecule has 2 aliphatic rings. The SMILES string of the molecule is COC(=O)C1(Cc2ncccc2Br)CCN(C(=O)OC(C)(C)C)CC1.COC(=O)C1CCN(C(=O)OC(C)(C)C)CC1.ClCc1ncccc1Br. The van der Waals surface area contributed by atoms with Crippen LogP contribution < -0.4 is 0 Å². The molecule has 0 atom stereocenters. The van der Waals surface area contributed by atoms with Crippen molar-refractivity contribution in [1.29, 1.82) is 0 Å². The first kappa shape index (κ1) is 44.2. The van der Waals surface area contributed by atoms with Gasteiger partial charge in [-0.2, -0.15) is 0 Å². The van der Waals surface area contributed by atoms with Crippen molar-refractivity contribution in [2.75, 3.05) is 40.4 Å². The average Bonchev–Trinajstić information content (AvgIpc) is 3.08. The van der Waals surface area contributed by atoms with Gasteiger partial charge in [-0.25, -0.2) is 9.59 Å². The molecule has 284 valence electrons. The quantitative estimate of drug-likeness (QED) is 0.165. The zero-order valence-electron chi connectivity index (χ0n) is 30.8. The van der Waals surface area contributed by atoms with Crippen LogP contribution in [-0.4, -0.2) is 95.5 Å². The second-order valence-electron chi connectivity index (χ2n) is 14.2. The number of carbonyl (C=O) groups is 4. The van der Waals surface area contributed by atoms with Gasteiger partial charge in [0.05, 0.1) is 42.8 Å². The van der Waals surface area contributed by atoms with Crippen LogP contribution in [0.2, 0.25) is 0 Å². The molecule has 0 spiro atoms. The van der Waals surface area contributed by atoms with Gasteiger partial charge >= 0.3 is 24.1 Å². The molecule has 51 heavy (non-hydrogen) atoms. The van der Waals surface area contributed by atoms with Gasteiger partial charge in [0, 0.05) is 53.9 Å². The summed E-state index contributed by atoms with van der Waals surface area (Å²) in [5.41, 5.74) is 0.0190. The number of rotatable bonds is 5. The predicted molar refractivity (Wildman–Crippen MR) is 201 cm³/mol. The molecule has 4 rings (SSSR count). The van der Waals surface area contributed by atoms with Crippen LogP contribution in [0, 0.1) is 11.3 Å². The molecule has 0 unspecified atom stereocenters. The van der Waals surface area contributed by atoms with Crippen molar-refractivity contribution in [3.8, 4) is 0 Å². The fraction of sp³-hybridized carbons (Fsp3) is 0.611. The monoisotopic (exact) mass is 860 g/mol. The number of aromatic nitrogens is 2. The molecule has 2 fully saturated rings. The van der Waals surface area contributed by atoms with Gasteiger partial charge in [-0.1, -0.05) is 0 Å². The Morgan fingerprint density at radius 1 is 0.784 bits per heavy atom. The van der Waals surface area contributed by atoms with Crippen LogP contribution in [0.1, 0.15) is 78.6 Å². The summed E-state index contributed by atoms with van der Waals surface area (Å²) in [6, 6.07) is 7.53. The standard InChI is InChI=1S/C18H25BrN2O4.C12H21NO4.C6H5BrClN/c1-17(2,3)25-16(23)21-10-7-18(8-11-21,15(22)24-4)12-14-13(19)6-5-9-20-14;1-12(2,3)17-11(15)13-7-5-9(6-8-13)10(14)16-4;7-5-2-1-3-9-6(5)4-8/h5-6,9H,7-8,10-12H2,1-4H3;9H,5-8H2,1-4H3;1-3H,4H2. The minimum absolute atomic E-state index is 0.0845. The normalized spacial score (nSPS) is 16.0. The van der Waals surface area contributed by atoms with Gasteiger partial charge in [0.2, 0.25) is 0 Å². The lowest BCUT2D eigenvalue weighted by Gasteiger charge is -2.40. The summed E-state index contributed by atoms with van der Waals surface area (Å²) in [4.78, 5) is 59.5. The van der Waals surface area contributed by atoms with Crippen molar-refractivity contribution in [1.82, 2.24) is 19.8 Å². The summed E-state index contributed by atoms with van der Waals surface area (Å²) in [5, 5.41) is 0. The molecule has 2 amide bonds. The highest BCUT2D eigenvalue weighted by molar-refractivity contribution is 9.10. The molecule has 0 saturated carbocycles. The maximum Gasteiger partial charge on any atom is 0.410 e. The van der Waals surface area contributed by atoms with E-state index in [4.69, 9.17) is 30.5 Å². The van der Waals surface area contributed by atoms with E-state index < -0.39 is 16.6 Å². The van der Waals surface area contributed by atoms with E-state index >= 15 is 0 Å². The van der Waals surface area contributed by atoms with E-state index in [2.05, 4.69) is 41.8 Å². The Morgan fingerprint density at radius 3 is 1.61 bits per heavy atom. The Kier molecular flexibility index (Phi) is 17.6. The number of hydrogen-bond acceptors (Lipinski definition) is 10. The summed E-state index contributed by atoms with van der Waals surface area (Å²) in [6.07, 6.45) is 5.58. The molecule has 0 aliphatic carbocycles. The number of hydrogen-bond donors (Lipinski definition) is 0. The molecule has 4 heterocycles. The minimum Gasteiger partial charge on any atom is -0.469 e. The summed E-state index contributed by atoms with van der Waals surface area (Å²) in [6.45, 7) is 13.0. The smallest absolute Gasteiger partial charge is 0.410 e. The average molecular weight is 863 g/mol. The Hall–Kier alpha value is -2.97. The fourth-order valence-electron chi connectivity index (χ4n) is 5.29. The Morgan fingerprint density at radius 2 is 1.24 bits per heavy atom. The van der Waals surface area contributed by atoms with Gasteiger partial charge in [0.25, 0.3) is 0 Å². The number of carbonyl (C=O) groups excluding carboxylic acids is 4. The second kappa shape index (κ2) is 20.3. The molecule has 2 aromatic heterocycles. The maximum absolute atomic E-state index is 12.5. The van der Waals surface area contributed by atoms with Crippen LogP contribution in [0.5, 0.6) is 0 Å². The Balaban J connectivity index is 0.000000297. The van der Waals surface area contributed by atoms with Crippen LogP contribution in [0.4, 0.5) is 9.59 Å². The number of amides is 2. The lowest BCUT2D eigenvalue weighted by Crippen LogP contribution is -2.49. The molecule has 12 nitrogen and oxygen atoms in total. The number of pyridine rings is 2. The van der Waals surface area contributed by atoms with Crippen LogP contribution in [0.3, 0.4) is 0 Å². The van der Waals surface area contributed by atoms with E-state index in [9.17, 15) is 19.2 Å². The highest BCUT2D eigenvalue weighted by Crippen LogP contribution is 2.38. The molecule has 0 radical (unpaired) electrons. The lowest BCUT2D eigenvalue weighted by atomic mass is 9.74. The lowest BCUT2D eigenvalue weighted by molar-refractivity contribution is -0.156. The second-order valence-corrected chi connectivity index (χ2v) is 16.2. The summed E-state index contributed by atoms with van der Waals surface area (Å²) >= 11 is 12.3. The van der Waals surface area contributed by atoms with E-state index in [0.717, 1.165) is 20.3 Å². The number of likely N-dealkylation sites (tertiary alicyclic amines) is 2. The number of halogens is 3. The van der Waals surface area contributed by atoms with E-state index in [1.165, 1.54) is 14.2 Å². The largest absolute Gasteiger partial charge is 0.469 e.